The van der Waals surface area contributed by atoms with Gasteiger partial charge in [0, 0.05) is 6.54 Å². The van der Waals surface area contributed by atoms with Crippen molar-refractivity contribution in [3.63, 3.8) is 0 Å². The second-order valence-corrected chi connectivity index (χ2v) is 6.88. The summed E-state index contributed by atoms with van der Waals surface area (Å²) in [5, 5.41) is 0. The van der Waals surface area contributed by atoms with Gasteiger partial charge in [-0.2, -0.15) is 4.99 Å². The molecule has 3 aromatic rings. The average molecular weight is 386 g/mol. The summed E-state index contributed by atoms with van der Waals surface area (Å²) in [6, 6.07) is 13.7. The van der Waals surface area contributed by atoms with Crippen LogP contribution in [0.4, 0.5) is 4.39 Å². The van der Waals surface area contributed by atoms with Crippen molar-refractivity contribution < 1.29 is 18.7 Å². The van der Waals surface area contributed by atoms with Gasteiger partial charge in [-0.25, -0.2) is 4.39 Å². The number of nitrogens with zero attached hydrogens (tertiary/aromatic N) is 2. The van der Waals surface area contributed by atoms with Gasteiger partial charge in [0.25, 0.3) is 5.91 Å². The highest BCUT2D eigenvalue weighted by Crippen LogP contribution is 2.19. The third-order valence-corrected chi connectivity index (χ3v) is 4.95. The highest BCUT2D eigenvalue weighted by molar-refractivity contribution is 7.16. The second kappa shape index (κ2) is 8.73. The van der Waals surface area contributed by atoms with Crippen LogP contribution in [0.3, 0.4) is 0 Å². The molecule has 0 saturated carbocycles. The number of hydrogen-bond acceptors (Lipinski definition) is 4. The molecule has 0 aliphatic heterocycles. The highest BCUT2D eigenvalue weighted by atomic mass is 32.1. The van der Waals surface area contributed by atoms with Crippen LogP contribution >= 0.6 is 11.3 Å². The van der Waals surface area contributed by atoms with E-state index in [1.807, 2.05) is 30.3 Å². The first-order chi connectivity index (χ1) is 13.1. The molecule has 5 nitrogen and oxygen atoms in total. The van der Waals surface area contributed by atoms with Crippen molar-refractivity contribution in [2.24, 2.45) is 4.99 Å². The number of carbonyl (C=O) groups is 2. The summed E-state index contributed by atoms with van der Waals surface area (Å²) in [7, 11) is 0. The average Bonchev–Trinajstić information content (AvgIpc) is 2.96. The van der Waals surface area contributed by atoms with Gasteiger partial charge in [-0.15, -0.1) is 0 Å². The number of aryl methyl sites for hydroxylation is 1. The number of amides is 1. The first kappa shape index (κ1) is 19.0. The van der Waals surface area contributed by atoms with Crippen molar-refractivity contribution in [1.82, 2.24) is 4.57 Å². The Morgan fingerprint density at radius 1 is 1.19 bits per heavy atom. The lowest BCUT2D eigenvalue weighted by Gasteiger charge is -2.05. The van der Waals surface area contributed by atoms with E-state index in [4.69, 9.17) is 4.74 Å². The van der Waals surface area contributed by atoms with Crippen LogP contribution in [0.5, 0.6) is 0 Å². The van der Waals surface area contributed by atoms with Gasteiger partial charge in [-0.05, 0) is 30.7 Å². The largest absolute Gasteiger partial charge is 0.466 e. The zero-order valence-corrected chi connectivity index (χ0v) is 15.7. The molecule has 27 heavy (non-hydrogen) atoms. The van der Waals surface area contributed by atoms with E-state index in [9.17, 15) is 14.0 Å². The summed E-state index contributed by atoms with van der Waals surface area (Å²) in [6.07, 6.45) is 0.332. The van der Waals surface area contributed by atoms with Crippen LogP contribution in [-0.4, -0.2) is 23.1 Å². The fourth-order valence-electron chi connectivity index (χ4n) is 2.70. The van der Waals surface area contributed by atoms with Crippen LogP contribution in [-0.2, 0) is 27.3 Å². The zero-order chi connectivity index (χ0) is 19.2. The molecule has 1 amide bonds. The van der Waals surface area contributed by atoms with Gasteiger partial charge in [0.1, 0.15) is 5.82 Å². The van der Waals surface area contributed by atoms with Crippen LogP contribution in [0.2, 0.25) is 0 Å². The predicted molar refractivity (Wildman–Crippen MR) is 102 cm³/mol. The zero-order valence-electron chi connectivity index (χ0n) is 14.9. The Morgan fingerprint density at radius 3 is 2.70 bits per heavy atom. The molecule has 0 unspecified atom stereocenters. The molecule has 7 heteroatoms. The normalized spacial score (nSPS) is 11.7. The second-order valence-electron chi connectivity index (χ2n) is 5.87. The van der Waals surface area contributed by atoms with E-state index in [0.29, 0.717) is 22.7 Å². The maximum absolute atomic E-state index is 13.6. The Labute approximate surface area is 159 Å². The Kier molecular flexibility index (Phi) is 6.13. The molecule has 0 bridgehead atoms. The molecular formula is C20H19FN2O3S. The summed E-state index contributed by atoms with van der Waals surface area (Å²) in [6.45, 7) is 2.37. The molecule has 0 aliphatic carbocycles. The third kappa shape index (κ3) is 4.89. The summed E-state index contributed by atoms with van der Waals surface area (Å²) in [4.78, 5) is 28.8. The SMILES string of the molecule is CCOC(=O)CCn1c(=NC(=O)Cc2ccccc2)sc2cc(F)ccc21. The quantitative estimate of drug-likeness (QED) is 0.610. The lowest BCUT2D eigenvalue weighted by molar-refractivity contribution is -0.143. The predicted octanol–water partition coefficient (Wildman–Crippen LogP) is 3.47. The summed E-state index contributed by atoms with van der Waals surface area (Å²) >= 11 is 1.23. The number of rotatable bonds is 6. The smallest absolute Gasteiger partial charge is 0.307 e. The Bertz CT molecular complexity index is 1020. The number of aromatic nitrogens is 1. The number of ether oxygens (including phenoxy) is 1. The number of carbonyl (C=O) groups excluding carboxylic acids is 2. The topological polar surface area (TPSA) is 60.7 Å². The summed E-state index contributed by atoms with van der Waals surface area (Å²) in [5.74, 6) is -0.977. The van der Waals surface area contributed by atoms with Crippen molar-refractivity contribution in [3.8, 4) is 0 Å². The summed E-state index contributed by atoms with van der Waals surface area (Å²) < 4.78 is 21.0. The number of thiazole rings is 1. The Morgan fingerprint density at radius 2 is 1.96 bits per heavy atom. The molecule has 2 aromatic carbocycles. The molecule has 0 radical (unpaired) electrons. The number of esters is 1. The van der Waals surface area contributed by atoms with Gasteiger partial charge in [-0.1, -0.05) is 41.7 Å². The first-order valence-corrected chi connectivity index (χ1v) is 9.44. The molecule has 0 aliphatic rings. The molecule has 140 valence electrons. The minimum Gasteiger partial charge on any atom is -0.466 e. The van der Waals surface area contributed by atoms with Crippen LogP contribution in [0.1, 0.15) is 18.9 Å². The van der Waals surface area contributed by atoms with E-state index in [2.05, 4.69) is 4.99 Å². The monoisotopic (exact) mass is 386 g/mol. The van der Waals surface area contributed by atoms with Crippen molar-refractivity contribution in [2.75, 3.05) is 6.61 Å². The fraction of sp³-hybridized carbons (Fsp3) is 0.250. The Balaban J connectivity index is 1.93. The highest BCUT2D eigenvalue weighted by Gasteiger charge is 2.11. The molecule has 0 saturated heterocycles. The number of benzene rings is 2. The lowest BCUT2D eigenvalue weighted by atomic mass is 10.1. The van der Waals surface area contributed by atoms with Crippen LogP contribution in [0.25, 0.3) is 10.2 Å². The van der Waals surface area contributed by atoms with E-state index in [1.54, 1.807) is 17.6 Å². The lowest BCUT2D eigenvalue weighted by Crippen LogP contribution is -2.20. The molecule has 1 heterocycles. The van der Waals surface area contributed by atoms with Crippen molar-refractivity contribution in [3.05, 3.63) is 64.7 Å². The van der Waals surface area contributed by atoms with Crippen molar-refractivity contribution in [1.29, 1.82) is 0 Å². The first-order valence-electron chi connectivity index (χ1n) is 8.63. The minimum absolute atomic E-state index is 0.150. The van der Waals surface area contributed by atoms with Crippen LogP contribution in [0, 0.1) is 5.82 Å². The van der Waals surface area contributed by atoms with Crippen molar-refractivity contribution in [2.45, 2.75) is 26.3 Å². The van der Waals surface area contributed by atoms with Gasteiger partial charge in [0.2, 0.25) is 0 Å². The Hall–Kier alpha value is -2.80. The van der Waals surface area contributed by atoms with Crippen molar-refractivity contribution >= 4 is 33.4 Å². The number of halogens is 1. The number of hydrogen-bond donors (Lipinski definition) is 0. The van der Waals surface area contributed by atoms with E-state index in [-0.39, 0.29) is 30.5 Å². The standard InChI is InChI=1S/C20H19FN2O3S/c1-2-26-19(25)10-11-23-16-9-8-15(21)13-17(16)27-20(23)22-18(24)12-14-6-4-3-5-7-14/h3-9,13H,2,10-12H2,1H3. The van der Waals surface area contributed by atoms with Crippen LogP contribution < -0.4 is 4.80 Å². The summed E-state index contributed by atoms with van der Waals surface area (Å²) in [5.41, 5.74) is 1.61. The molecule has 0 N–H and O–H groups in total. The van der Waals surface area contributed by atoms with Gasteiger partial charge in [0.05, 0.1) is 29.7 Å². The molecule has 0 atom stereocenters. The van der Waals surface area contributed by atoms with Gasteiger partial charge >= 0.3 is 5.97 Å². The maximum atomic E-state index is 13.6. The van der Waals surface area contributed by atoms with Gasteiger partial charge in [-0.3, -0.25) is 9.59 Å². The molecule has 1 aromatic heterocycles. The van der Waals surface area contributed by atoms with E-state index < -0.39 is 0 Å². The molecule has 0 spiro atoms. The van der Waals surface area contributed by atoms with Gasteiger partial charge < -0.3 is 9.30 Å². The number of fused-ring (bicyclic) bond motifs is 1. The molecular weight excluding hydrogens is 367 g/mol. The fourth-order valence-corrected chi connectivity index (χ4v) is 3.80. The maximum Gasteiger partial charge on any atom is 0.307 e. The third-order valence-electron chi connectivity index (χ3n) is 3.91. The minimum atomic E-state index is -0.358. The van der Waals surface area contributed by atoms with Crippen LogP contribution in [0.15, 0.2) is 53.5 Å². The van der Waals surface area contributed by atoms with E-state index in [1.165, 1.54) is 23.5 Å². The van der Waals surface area contributed by atoms with Gasteiger partial charge in [0.15, 0.2) is 4.80 Å². The van der Waals surface area contributed by atoms with E-state index >= 15 is 0 Å². The van der Waals surface area contributed by atoms with E-state index in [0.717, 1.165) is 11.1 Å². The molecule has 0 fully saturated rings. The molecule has 3 rings (SSSR count).